The standard InChI is InChI=1S/C9H12N4OS/c10-9(15)7-5-13(3-4-14-7)8-1-2-11-6-12-8/h1-2,6-7H,3-5H2,(H2,10,15). The molecule has 0 amide bonds. The van der Waals surface area contributed by atoms with E-state index in [1.807, 2.05) is 6.07 Å². The van der Waals surface area contributed by atoms with Gasteiger partial charge in [-0.1, -0.05) is 12.2 Å². The van der Waals surface area contributed by atoms with E-state index in [9.17, 15) is 0 Å². The molecular weight excluding hydrogens is 212 g/mol. The van der Waals surface area contributed by atoms with Crippen molar-refractivity contribution in [3.63, 3.8) is 0 Å². The normalized spacial score (nSPS) is 21.3. The third-order valence-electron chi connectivity index (χ3n) is 2.27. The molecule has 15 heavy (non-hydrogen) atoms. The maximum atomic E-state index is 5.55. The van der Waals surface area contributed by atoms with Crippen molar-refractivity contribution in [3.8, 4) is 0 Å². The van der Waals surface area contributed by atoms with Crippen LogP contribution in [0, 0.1) is 0 Å². The molecule has 0 spiro atoms. The van der Waals surface area contributed by atoms with Crippen LogP contribution in [0.4, 0.5) is 5.82 Å². The molecule has 1 aromatic rings. The summed E-state index contributed by atoms with van der Waals surface area (Å²) < 4.78 is 5.44. The highest BCUT2D eigenvalue weighted by atomic mass is 32.1. The number of rotatable bonds is 2. The Hall–Kier alpha value is -1.27. The number of aromatic nitrogens is 2. The largest absolute Gasteiger partial charge is 0.391 e. The Morgan fingerprint density at radius 3 is 3.20 bits per heavy atom. The Morgan fingerprint density at radius 1 is 1.67 bits per heavy atom. The Labute approximate surface area is 93.3 Å². The summed E-state index contributed by atoms with van der Waals surface area (Å²) in [6, 6.07) is 1.86. The first-order valence-electron chi connectivity index (χ1n) is 4.69. The molecule has 1 atom stereocenters. The zero-order valence-electron chi connectivity index (χ0n) is 8.17. The number of nitrogens with two attached hydrogens (primary N) is 1. The van der Waals surface area contributed by atoms with Gasteiger partial charge in [0.05, 0.1) is 13.2 Å². The Balaban J connectivity index is 2.08. The molecule has 5 nitrogen and oxygen atoms in total. The van der Waals surface area contributed by atoms with E-state index in [-0.39, 0.29) is 6.10 Å². The number of morpholine rings is 1. The lowest BCUT2D eigenvalue weighted by Gasteiger charge is -2.32. The van der Waals surface area contributed by atoms with Crippen LogP contribution in [0.25, 0.3) is 0 Å². The zero-order chi connectivity index (χ0) is 10.7. The van der Waals surface area contributed by atoms with Gasteiger partial charge >= 0.3 is 0 Å². The molecule has 2 N–H and O–H groups in total. The quantitative estimate of drug-likeness (QED) is 0.712. The highest BCUT2D eigenvalue weighted by Gasteiger charge is 2.23. The third-order valence-corrected chi connectivity index (χ3v) is 2.54. The monoisotopic (exact) mass is 224 g/mol. The molecule has 80 valence electrons. The van der Waals surface area contributed by atoms with Crippen molar-refractivity contribution in [2.45, 2.75) is 6.10 Å². The van der Waals surface area contributed by atoms with Crippen LogP contribution in [0.2, 0.25) is 0 Å². The number of hydrogen-bond donors (Lipinski definition) is 1. The SMILES string of the molecule is NC(=S)C1CN(c2ccncn2)CCO1. The average molecular weight is 224 g/mol. The molecule has 1 aromatic heterocycles. The minimum atomic E-state index is -0.177. The van der Waals surface area contributed by atoms with E-state index < -0.39 is 0 Å². The van der Waals surface area contributed by atoms with Crippen LogP contribution in [0.3, 0.4) is 0 Å². The number of anilines is 1. The molecule has 0 aromatic carbocycles. The van der Waals surface area contributed by atoms with Gasteiger partial charge in [-0.15, -0.1) is 0 Å². The lowest BCUT2D eigenvalue weighted by Crippen LogP contribution is -2.48. The topological polar surface area (TPSA) is 64.3 Å². The fraction of sp³-hybridized carbons (Fsp3) is 0.444. The van der Waals surface area contributed by atoms with Crippen molar-refractivity contribution in [3.05, 3.63) is 18.6 Å². The molecular formula is C9H12N4OS. The van der Waals surface area contributed by atoms with Crippen molar-refractivity contribution in [1.29, 1.82) is 0 Å². The van der Waals surface area contributed by atoms with Gasteiger partial charge in [0.2, 0.25) is 0 Å². The van der Waals surface area contributed by atoms with E-state index in [4.69, 9.17) is 22.7 Å². The fourth-order valence-electron chi connectivity index (χ4n) is 1.50. The van der Waals surface area contributed by atoms with Crippen molar-refractivity contribution >= 4 is 23.0 Å². The highest BCUT2D eigenvalue weighted by molar-refractivity contribution is 7.80. The van der Waals surface area contributed by atoms with Crippen LogP contribution in [0.1, 0.15) is 0 Å². The predicted molar refractivity (Wildman–Crippen MR) is 60.8 cm³/mol. The summed E-state index contributed by atoms with van der Waals surface area (Å²) in [5, 5.41) is 0. The van der Waals surface area contributed by atoms with Crippen LogP contribution in [-0.2, 0) is 4.74 Å². The fourth-order valence-corrected chi connectivity index (χ4v) is 1.64. The van der Waals surface area contributed by atoms with Crippen molar-refractivity contribution < 1.29 is 4.74 Å². The minimum absolute atomic E-state index is 0.177. The first-order valence-corrected chi connectivity index (χ1v) is 5.10. The molecule has 1 saturated heterocycles. The van der Waals surface area contributed by atoms with Crippen molar-refractivity contribution in [1.82, 2.24) is 9.97 Å². The number of thiocarbonyl (C=S) groups is 1. The summed E-state index contributed by atoms with van der Waals surface area (Å²) in [4.78, 5) is 10.5. The summed E-state index contributed by atoms with van der Waals surface area (Å²) in [6.07, 6.45) is 3.07. The lowest BCUT2D eigenvalue weighted by molar-refractivity contribution is 0.0844. The number of nitrogens with zero attached hydrogens (tertiary/aromatic N) is 3. The highest BCUT2D eigenvalue weighted by Crippen LogP contribution is 2.13. The van der Waals surface area contributed by atoms with Gasteiger partial charge in [-0.25, -0.2) is 9.97 Å². The molecule has 0 saturated carbocycles. The maximum Gasteiger partial charge on any atom is 0.132 e. The van der Waals surface area contributed by atoms with E-state index in [0.29, 0.717) is 18.1 Å². The third kappa shape index (κ3) is 2.40. The molecule has 2 heterocycles. The Kier molecular flexibility index (Phi) is 3.08. The zero-order valence-corrected chi connectivity index (χ0v) is 8.98. The smallest absolute Gasteiger partial charge is 0.132 e. The van der Waals surface area contributed by atoms with Crippen LogP contribution in [-0.4, -0.2) is 40.8 Å². The van der Waals surface area contributed by atoms with Gasteiger partial charge in [-0.2, -0.15) is 0 Å². The average Bonchev–Trinajstić information content (AvgIpc) is 2.30. The Bertz CT molecular complexity index is 345. The minimum Gasteiger partial charge on any atom is -0.391 e. The summed E-state index contributed by atoms with van der Waals surface area (Å²) in [5.74, 6) is 0.884. The molecule has 0 radical (unpaired) electrons. The van der Waals surface area contributed by atoms with Gasteiger partial charge in [0.25, 0.3) is 0 Å². The first kappa shape index (κ1) is 10.3. The van der Waals surface area contributed by atoms with Crippen LogP contribution in [0.5, 0.6) is 0 Å². The lowest BCUT2D eigenvalue weighted by atomic mass is 10.2. The molecule has 0 bridgehead atoms. The van der Waals surface area contributed by atoms with Crippen molar-refractivity contribution in [2.24, 2.45) is 5.73 Å². The predicted octanol–water partition coefficient (Wildman–Crippen LogP) is -0.0321. The second-order valence-corrected chi connectivity index (χ2v) is 3.75. The molecule has 1 aliphatic rings. The summed E-state index contributed by atoms with van der Waals surface area (Å²) >= 11 is 4.91. The van der Waals surface area contributed by atoms with E-state index >= 15 is 0 Å². The molecule has 0 aliphatic carbocycles. The summed E-state index contributed by atoms with van der Waals surface area (Å²) in [7, 11) is 0. The van der Waals surface area contributed by atoms with Gasteiger partial charge in [-0.05, 0) is 6.07 Å². The number of ether oxygens (including phenoxy) is 1. The summed E-state index contributed by atoms with van der Waals surface area (Å²) in [5.41, 5.74) is 5.55. The van der Waals surface area contributed by atoms with Gasteiger partial charge < -0.3 is 15.4 Å². The van der Waals surface area contributed by atoms with Gasteiger partial charge in [-0.3, -0.25) is 0 Å². The number of hydrogen-bond acceptors (Lipinski definition) is 5. The van der Waals surface area contributed by atoms with E-state index in [1.165, 1.54) is 6.33 Å². The van der Waals surface area contributed by atoms with Gasteiger partial charge in [0.1, 0.15) is 23.2 Å². The molecule has 1 aliphatic heterocycles. The van der Waals surface area contributed by atoms with Crippen LogP contribution in [0.15, 0.2) is 18.6 Å². The van der Waals surface area contributed by atoms with E-state index in [2.05, 4.69) is 14.9 Å². The van der Waals surface area contributed by atoms with Crippen LogP contribution < -0.4 is 10.6 Å². The molecule has 1 unspecified atom stereocenters. The molecule has 1 fully saturated rings. The van der Waals surface area contributed by atoms with Crippen LogP contribution >= 0.6 is 12.2 Å². The van der Waals surface area contributed by atoms with Gasteiger partial charge in [0, 0.05) is 12.7 Å². The second-order valence-electron chi connectivity index (χ2n) is 3.28. The van der Waals surface area contributed by atoms with Gasteiger partial charge in [0.15, 0.2) is 0 Å². The second kappa shape index (κ2) is 4.50. The Morgan fingerprint density at radius 2 is 2.53 bits per heavy atom. The van der Waals surface area contributed by atoms with E-state index in [1.54, 1.807) is 6.20 Å². The van der Waals surface area contributed by atoms with E-state index in [0.717, 1.165) is 12.4 Å². The summed E-state index contributed by atoms with van der Waals surface area (Å²) in [6.45, 7) is 2.08. The molecule has 2 rings (SSSR count). The maximum absolute atomic E-state index is 5.55. The first-order chi connectivity index (χ1) is 7.27. The van der Waals surface area contributed by atoms with Crippen molar-refractivity contribution in [2.75, 3.05) is 24.6 Å². The molecule has 6 heteroatoms.